The van der Waals surface area contributed by atoms with E-state index in [2.05, 4.69) is 26.0 Å². The van der Waals surface area contributed by atoms with Crippen LogP contribution in [0.5, 0.6) is 0 Å². The zero-order valence-electron chi connectivity index (χ0n) is 15.4. The van der Waals surface area contributed by atoms with Gasteiger partial charge in [0.2, 0.25) is 10.0 Å². The number of ether oxygens (including phenoxy) is 1. The largest absolute Gasteiger partial charge is 0.454 e. The van der Waals surface area contributed by atoms with Gasteiger partial charge in [-0.25, -0.2) is 8.42 Å². The van der Waals surface area contributed by atoms with Crippen LogP contribution < -0.4 is 10.0 Å². The van der Waals surface area contributed by atoms with E-state index in [1.165, 1.54) is 12.1 Å². The molecule has 1 fully saturated rings. The van der Waals surface area contributed by atoms with Gasteiger partial charge in [-0.3, -0.25) is 9.59 Å². The monoisotopic (exact) mass is 476 g/mol. The molecule has 0 saturated heterocycles. The second-order valence-corrected chi connectivity index (χ2v) is 9.30. The maximum absolute atomic E-state index is 12.3. The third-order valence-electron chi connectivity index (χ3n) is 4.45. The number of nitrogens with one attached hydrogen (secondary N) is 2. The van der Waals surface area contributed by atoms with E-state index in [1.807, 2.05) is 0 Å². The predicted molar refractivity (Wildman–Crippen MR) is 106 cm³/mol. The highest BCUT2D eigenvalue weighted by molar-refractivity contribution is 9.10. The minimum Gasteiger partial charge on any atom is -0.454 e. The van der Waals surface area contributed by atoms with Crippen molar-refractivity contribution in [1.82, 2.24) is 10.0 Å². The van der Waals surface area contributed by atoms with Crippen molar-refractivity contribution < 1.29 is 27.9 Å². The fourth-order valence-electron chi connectivity index (χ4n) is 2.96. The summed E-state index contributed by atoms with van der Waals surface area (Å²) in [5.74, 6) is -1.45. The Bertz CT molecular complexity index is 761. The first kappa shape index (κ1) is 22.8. The number of rotatable bonds is 8. The molecule has 28 heavy (non-hydrogen) atoms. The Morgan fingerprint density at radius 1 is 1.14 bits per heavy atom. The molecule has 0 heterocycles. The number of aliphatic hydroxyl groups excluding tert-OH is 1. The van der Waals surface area contributed by atoms with Gasteiger partial charge in [0.15, 0.2) is 6.61 Å². The first-order valence-electron chi connectivity index (χ1n) is 9.16. The zero-order valence-corrected chi connectivity index (χ0v) is 17.8. The standard InChI is InChI=1S/C18H25BrN2O6S/c19-13-7-9-15(10-8-13)28(25,26)21-16(11-22)18(24)27-12-17(23)20-14-5-3-1-2-4-6-14/h7-10,14,16,21-22H,1-6,11-12H2,(H,20,23). The lowest BCUT2D eigenvalue weighted by Gasteiger charge is -2.18. The van der Waals surface area contributed by atoms with Crippen LogP contribution in [-0.2, 0) is 24.3 Å². The lowest BCUT2D eigenvalue weighted by atomic mass is 10.1. The Hall–Kier alpha value is -1.49. The first-order valence-corrected chi connectivity index (χ1v) is 11.4. The summed E-state index contributed by atoms with van der Waals surface area (Å²) in [4.78, 5) is 24.0. The number of esters is 1. The highest BCUT2D eigenvalue weighted by atomic mass is 79.9. The number of carbonyl (C=O) groups is 2. The van der Waals surface area contributed by atoms with Gasteiger partial charge < -0.3 is 15.2 Å². The SMILES string of the molecule is O=C(COC(=O)C(CO)NS(=O)(=O)c1ccc(Br)cc1)NC1CCCCCC1. The molecule has 1 aliphatic rings. The van der Waals surface area contributed by atoms with Crippen LogP contribution in [0.2, 0.25) is 0 Å². The molecule has 0 bridgehead atoms. The quantitative estimate of drug-likeness (QED) is 0.385. The Morgan fingerprint density at radius 3 is 2.32 bits per heavy atom. The molecule has 1 aromatic rings. The van der Waals surface area contributed by atoms with Crippen molar-refractivity contribution in [2.24, 2.45) is 0 Å². The molecule has 0 radical (unpaired) electrons. The van der Waals surface area contributed by atoms with Crippen molar-refractivity contribution >= 4 is 37.8 Å². The van der Waals surface area contributed by atoms with Crippen LogP contribution in [0, 0.1) is 0 Å². The molecule has 156 valence electrons. The summed E-state index contributed by atoms with van der Waals surface area (Å²) in [6.45, 7) is -1.31. The van der Waals surface area contributed by atoms with Gasteiger partial charge >= 0.3 is 5.97 Å². The van der Waals surface area contributed by atoms with Gasteiger partial charge in [0, 0.05) is 10.5 Å². The van der Waals surface area contributed by atoms with E-state index in [-0.39, 0.29) is 10.9 Å². The molecule has 1 atom stereocenters. The molecule has 0 aliphatic heterocycles. The molecule has 1 amide bonds. The van der Waals surface area contributed by atoms with Crippen LogP contribution in [-0.4, -0.2) is 50.7 Å². The maximum atomic E-state index is 12.3. The molecule has 1 saturated carbocycles. The summed E-state index contributed by atoms with van der Waals surface area (Å²) in [6, 6.07) is 4.35. The molecular weight excluding hydrogens is 452 g/mol. The number of halogens is 1. The number of carbonyl (C=O) groups excluding carboxylic acids is 2. The van der Waals surface area contributed by atoms with Gasteiger partial charge in [-0.1, -0.05) is 41.6 Å². The topological polar surface area (TPSA) is 122 Å². The molecule has 0 spiro atoms. The van der Waals surface area contributed by atoms with Crippen molar-refractivity contribution in [2.75, 3.05) is 13.2 Å². The van der Waals surface area contributed by atoms with Crippen LogP contribution in [0.3, 0.4) is 0 Å². The molecule has 10 heteroatoms. The van der Waals surface area contributed by atoms with Gasteiger partial charge in [-0.15, -0.1) is 0 Å². The van der Waals surface area contributed by atoms with E-state index in [0.29, 0.717) is 4.47 Å². The summed E-state index contributed by atoms with van der Waals surface area (Å²) in [5.41, 5.74) is 0. The second kappa shape index (κ2) is 10.9. The normalized spacial score (nSPS) is 16.8. The second-order valence-electron chi connectivity index (χ2n) is 6.67. The van der Waals surface area contributed by atoms with Gasteiger partial charge in [0.25, 0.3) is 5.91 Å². The molecule has 2 rings (SSSR count). The van der Waals surface area contributed by atoms with Gasteiger partial charge in [-0.05, 0) is 37.1 Å². The fourth-order valence-corrected chi connectivity index (χ4v) is 4.40. The van der Waals surface area contributed by atoms with E-state index in [9.17, 15) is 23.1 Å². The average Bonchev–Trinajstić information content (AvgIpc) is 2.93. The number of sulfonamides is 1. The lowest BCUT2D eigenvalue weighted by molar-refractivity contribution is -0.151. The van der Waals surface area contributed by atoms with Crippen molar-refractivity contribution in [3.05, 3.63) is 28.7 Å². The average molecular weight is 477 g/mol. The first-order chi connectivity index (χ1) is 13.3. The number of amides is 1. The smallest absolute Gasteiger partial charge is 0.327 e. The van der Waals surface area contributed by atoms with E-state index in [0.717, 1.165) is 38.5 Å². The molecule has 1 aromatic carbocycles. The van der Waals surface area contributed by atoms with Gasteiger partial charge in [-0.2, -0.15) is 4.72 Å². The molecule has 8 nitrogen and oxygen atoms in total. The summed E-state index contributed by atoms with van der Waals surface area (Å²) in [5, 5.41) is 12.2. The fraction of sp³-hybridized carbons (Fsp3) is 0.556. The zero-order chi connectivity index (χ0) is 20.6. The van der Waals surface area contributed by atoms with Gasteiger partial charge in [0.1, 0.15) is 6.04 Å². The summed E-state index contributed by atoms with van der Waals surface area (Å²) in [7, 11) is -4.03. The lowest BCUT2D eigenvalue weighted by Crippen LogP contribution is -2.45. The van der Waals surface area contributed by atoms with E-state index in [1.54, 1.807) is 12.1 Å². The Morgan fingerprint density at radius 2 is 1.75 bits per heavy atom. The molecule has 3 N–H and O–H groups in total. The van der Waals surface area contributed by atoms with Crippen molar-refractivity contribution in [3.63, 3.8) is 0 Å². The predicted octanol–water partition coefficient (Wildman–Crippen LogP) is 1.47. The maximum Gasteiger partial charge on any atom is 0.327 e. The Kier molecular flexibility index (Phi) is 8.87. The molecule has 1 aliphatic carbocycles. The van der Waals surface area contributed by atoms with Crippen LogP contribution in [0.15, 0.2) is 33.6 Å². The van der Waals surface area contributed by atoms with Crippen molar-refractivity contribution in [2.45, 2.75) is 55.5 Å². The molecular formula is C18H25BrN2O6S. The number of benzene rings is 1. The van der Waals surface area contributed by atoms with E-state index >= 15 is 0 Å². The van der Waals surface area contributed by atoms with Crippen LogP contribution in [0.1, 0.15) is 38.5 Å². The van der Waals surface area contributed by atoms with E-state index in [4.69, 9.17) is 4.74 Å². The minimum absolute atomic E-state index is 0.0620. The van der Waals surface area contributed by atoms with Crippen molar-refractivity contribution in [3.8, 4) is 0 Å². The third kappa shape index (κ3) is 7.16. The Labute approximate surface area is 173 Å². The van der Waals surface area contributed by atoms with Crippen LogP contribution in [0.4, 0.5) is 0 Å². The Balaban J connectivity index is 1.86. The van der Waals surface area contributed by atoms with E-state index < -0.39 is 41.2 Å². The third-order valence-corrected chi connectivity index (χ3v) is 6.47. The summed E-state index contributed by atoms with van der Waals surface area (Å²) in [6.07, 6.45) is 6.19. The molecule has 1 unspecified atom stereocenters. The van der Waals surface area contributed by atoms with Crippen molar-refractivity contribution in [1.29, 1.82) is 0 Å². The number of aliphatic hydroxyl groups is 1. The summed E-state index contributed by atoms with van der Waals surface area (Å²) < 4.78 is 32.3. The van der Waals surface area contributed by atoms with Gasteiger partial charge in [0.05, 0.1) is 11.5 Å². The summed E-state index contributed by atoms with van der Waals surface area (Å²) >= 11 is 3.21. The highest BCUT2D eigenvalue weighted by Crippen LogP contribution is 2.17. The minimum atomic E-state index is -4.03. The molecule has 0 aromatic heterocycles. The van der Waals surface area contributed by atoms with Crippen LogP contribution >= 0.6 is 15.9 Å². The highest BCUT2D eigenvalue weighted by Gasteiger charge is 2.27. The number of hydrogen-bond donors (Lipinski definition) is 3. The number of hydrogen-bond acceptors (Lipinski definition) is 6. The van der Waals surface area contributed by atoms with Crippen LogP contribution in [0.25, 0.3) is 0 Å².